The average molecular weight is 289 g/mol. The summed E-state index contributed by atoms with van der Waals surface area (Å²) < 4.78 is 3.85. The minimum Gasteiger partial charge on any atom is -0.480 e. The van der Waals surface area contributed by atoms with Crippen LogP contribution < -0.4 is 0 Å². The van der Waals surface area contributed by atoms with Crippen LogP contribution in [0.25, 0.3) is 0 Å². The molecule has 1 aliphatic heterocycles. The maximum absolute atomic E-state index is 10.9. The van der Waals surface area contributed by atoms with Gasteiger partial charge in [-0.25, -0.2) is 0 Å². The van der Waals surface area contributed by atoms with Crippen molar-refractivity contribution in [3.63, 3.8) is 0 Å². The van der Waals surface area contributed by atoms with E-state index < -0.39 is 5.97 Å². The number of carboxylic acid groups (broad SMARTS) is 1. The minimum absolute atomic E-state index is 0.0635. The van der Waals surface area contributed by atoms with Crippen LogP contribution in [0.5, 0.6) is 0 Å². The highest BCUT2D eigenvalue weighted by Gasteiger charge is 2.29. The van der Waals surface area contributed by atoms with Crippen molar-refractivity contribution in [2.75, 3.05) is 6.54 Å². The molecule has 0 saturated heterocycles. The molecule has 0 saturated carbocycles. The second kappa shape index (κ2) is 5.33. The molecule has 0 amide bonds. The van der Waals surface area contributed by atoms with Gasteiger partial charge in [0, 0.05) is 37.1 Å². The molecule has 3 heterocycles. The largest absolute Gasteiger partial charge is 0.480 e. The van der Waals surface area contributed by atoms with Crippen LogP contribution in [0.1, 0.15) is 36.8 Å². The predicted molar refractivity (Wildman–Crippen MR) is 75.7 cm³/mol. The molecule has 0 bridgehead atoms. The lowest BCUT2D eigenvalue weighted by Crippen LogP contribution is -2.25. The fraction of sp³-hybridized carbons (Fsp3) is 0.500. The molecule has 7 nitrogen and oxygen atoms in total. The Balaban J connectivity index is 1.89. The van der Waals surface area contributed by atoms with Gasteiger partial charge in [-0.1, -0.05) is 0 Å². The Morgan fingerprint density at radius 1 is 1.43 bits per heavy atom. The van der Waals surface area contributed by atoms with Gasteiger partial charge in [-0.15, -0.1) is 0 Å². The lowest BCUT2D eigenvalue weighted by molar-refractivity contribution is -0.138. The van der Waals surface area contributed by atoms with Gasteiger partial charge in [0.15, 0.2) is 0 Å². The Morgan fingerprint density at radius 2 is 2.24 bits per heavy atom. The van der Waals surface area contributed by atoms with Gasteiger partial charge in [-0.2, -0.15) is 10.2 Å². The Kier molecular flexibility index (Phi) is 3.50. The van der Waals surface area contributed by atoms with Gasteiger partial charge < -0.3 is 5.11 Å². The molecule has 0 unspecified atom stereocenters. The summed E-state index contributed by atoms with van der Waals surface area (Å²) >= 11 is 0. The Hall–Kier alpha value is -2.15. The van der Waals surface area contributed by atoms with E-state index in [0.29, 0.717) is 19.6 Å². The molecule has 0 fully saturated rings. The van der Waals surface area contributed by atoms with Crippen molar-refractivity contribution in [3.8, 4) is 0 Å². The van der Waals surface area contributed by atoms with Crippen molar-refractivity contribution in [3.05, 3.63) is 35.4 Å². The molecule has 0 spiro atoms. The summed E-state index contributed by atoms with van der Waals surface area (Å²) in [4.78, 5) is 12.8. The van der Waals surface area contributed by atoms with Gasteiger partial charge in [0.2, 0.25) is 0 Å². The lowest BCUT2D eigenvalue weighted by Gasteiger charge is -2.14. The number of aromatic nitrogens is 4. The fourth-order valence-corrected chi connectivity index (χ4v) is 2.80. The first-order valence-electron chi connectivity index (χ1n) is 7.05. The van der Waals surface area contributed by atoms with E-state index in [9.17, 15) is 4.79 Å². The van der Waals surface area contributed by atoms with E-state index in [1.807, 2.05) is 26.5 Å². The standard InChI is InChI=1S/C14H19N5O2/c1-10(2)19-13-8-17(9-14(20)21)6-11(13)12(16-19)7-18-5-3-4-15-18/h3-5,10H,6-9H2,1-2H3,(H,20,21). The first-order valence-corrected chi connectivity index (χ1v) is 7.05. The Bertz CT molecular complexity index is 645. The quantitative estimate of drug-likeness (QED) is 0.892. The molecular weight excluding hydrogens is 270 g/mol. The molecule has 2 aromatic heterocycles. The molecule has 0 aromatic carbocycles. The fourth-order valence-electron chi connectivity index (χ4n) is 2.80. The number of carbonyl (C=O) groups is 1. The third kappa shape index (κ3) is 2.69. The molecule has 0 atom stereocenters. The van der Waals surface area contributed by atoms with E-state index in [-0.39, 0.29) is 12.6 Å². The van der Waals surface area contributed by atoms with Crippen LogP contribution in [0.15, 0.2) is 18.5 Å². The van der Waals surface area contributed by atoms with E-state index >= 15 is 0 Å². The molecule has 0 radical (unpaired) electrons. The Morgan fingerprint density at radius 3 is 2.86 bits per heavy atom. The third-order valence-corrected chi connectivity index (χ3v) is 3.68. The minimum atomic E-state index is -0.794. The topological polar surface area (TPSA) is 76.2 Å². The molecule has 7 heteroatoms. The zero-order valence-corrected chi connectivity index (χ0v) is 12.2. The number of hydrogen-bond donors (Lipinski definition) is 1. The summed E-state index contributed by atoms with van der Waals surface area (Å²) in [6, 6.07) is 2.14. The number of carboxylic acids is 1. The summed E-state index contributed by atoms with van der Waals surface area (Å²) in [6.07, 6.45) is 3.65. The average Bonchev–Trinajstić information content (AvgIpc) is 3.06. The number of nitrogens with zero attached hydrogens (tertiary/aromatic N) is 5. The number of aliphatic carboxylic acids is 1. The van der Waals surface area contributed by atoms with Crippen LogP contribution in [0, 0.1) is 0 Å². The van der Waals surface area contributed by atoms with Gasteiger partial charge in [0.25, 0.3) is 0 Å². The van der Waals surface area contributed by atoms with Gasteiger partial charge in [0.05, 0.1) is 24.5 Å². The molecule has 112 valence electrons. The van der Waals surface area contributed by atoms with Gasteiger partial charge in [-0.05, 0) is 19.9 Å². The van der Waals surface area contributed by atoms with Crippen LogP contribution in [0.2, 0.25) is 0 Å². The summed E-state index contributed by atoms with van der Waals surface area (Å²) in [5, 5.41) is 17.9. The van der Waals surface area contributed by atoms with E-state index in [0.717, 1.165) is 17.0 Å². The van der Waals surface area contributed by atoms with Crippen molar-refractivity contribution < 1.29 is 9.90 Å². The zero-order valence-electron chi connectivity index (χ0n) is 12.2. The molecule has 1 N–H and O–H groups in total. The maximum atomic E-state index is 10.9. The van der Waals surface area contributed by atoms with Crippen LogP contribution in [-0.2, 0) is 24.4 Å². The molecule has 21 heavy (non-hydrogen) atoms. The zero-order chi connectivity index (χ0) is 15.0. The van der Waals surface area contributed by atoms with Crippen molar-refractivity contribution in [2.45, 2.75) is 39.5 Å². The molecule has 3 rings (SSSR count). The predicted octanol–water partition coefficient (Wildman–Crippen LogP) is 1.11. The lowest BCUT2D eigenvalue weighted by atomic mass is 10.2. The van der Waals surface area contributed by atoms with E-state index in [1.165, 1.54) is 0 Å². The van der Waals surface area contributed by atoms with Crippen molar-refractivity contribution >= 4 is 5.97 Å². The van der Waals surface area contributed by atoms with E-state index in [4.69, 9.17) is 10.2 Å². The van der Waals surface area contributed by atoms with Crippen molar-refractivity contribution in [1.82, 2.24) is 24.5 Å². The van der Waals surface area contributed by atoms with Crippen LogP contribution >= 0.6 is 0 Å². The van der Waals surface area contributed by atoms with Crippen LogP contribution in [0.3, 0.4) is 0 Å². The maximum Gasteiger partial charge on any atom is 0.317 e. The van der Waals surface area contributed by atoms with Crippen molar-refractivity contribution in [1.29, 1.82) is 0 Å². The second-order valence-corrected chi connectivity index (χ2v) is 5.65. The molecule has 2 aromatic rings. The number of hydrogen-bond acceptors (Lipinski definition) is 4. The van der Waals surface area contributed by atoms with E-state index in [2.05, 4.69) is 18.9 Å². The van der Waals surface area contributed by atoms with Gasteiger partial charge in [0.1, 0.15) is 0 Å². The highest BCUT2D eigenvalue weighted by atomic mass is 16.4. The smallest absolute Gasteiger partial charge is 0.317 e. The number of rotatable bonds is 5. The summed E-state index contributed by atoms with van der Waals surface area (Å²) in [6.45, 7) is 6.15. The first kappa shape index (κ1) is 13.8. The van der Waals surface area contributed by atoms with Crippen LogP contribution in [0.4, 0.5) is 0 Å². The number of fused-ring (bicyclic) bond motifs is 1. The molecule has 1 aliphatic rings. The van der Waals surface area contributed by atoms with Gasteiger partial charge in [-0.3, -0.25) is 19.1 Å². The molecular formula is C14H19N5O2. The monoisotopic (exact) mass is 289 g/mol. The van der Waals surface area contributed by atoms with E-state index in [1.54, 1.807) is 6.20 Å². The highest BCUT2D eigenvalue weighted by Crippen LogP contribution is 2.28. The highest BCUT2D eigenvalue weighted by molar-refractivity contribution is 5.69. The van der Waals surface area contributed by atoms with Gasteiger partial charge >= 0.3 is 5.97 Å². The first-order chi connectivity index (χ1) is 10.0. The van der Waals surface area contributed by atoms with Crippen molar-refractivity contribution in [2.24, 2.45) is 0 Å². The third-order valence-electron chi connectivity index (χ3n) is 3.68. The normalized spacial score (nSPS) is 14.8. The van der Waals surface area contributed by atoms with Crippen LogP contribution in [-0.4, -0.2) is 42.1 Å². The summed E-state index contributed by atoms with van der Waals surface area (Å²) in [7, 11) is 0. The Labute approximate surface area is 122 Å². The molecule has 0 aliphatic carbocycles. The SMILES string of the molecule is CC(C)n1nc(Cn2cccn2)c2c1CN(CC(=O)O)C2. The summed E-state index contributed by atoms with van der Waals surface area (Å²) in [5.41, 5.74) is 3.27. The second-order valence-electron chi connectivity index (χ2n) is 5.65. The summed E-state index contributed by atoms with van der Waals surface area (Å²) in [5.74, 6) is -0.794.